The second-order valence-electron chi connectivity index (χ2n) is 0.614. The van der Waals surface area contributed by atoms with Crippen LogP contribution in [-0.4, -0.2) is 4.27 Å². The summed E-state index contributed by atoms with van der Waals surface area (Å²) in [5.41, 5.74) is 0. The van der Waals surface area contributed by atoms with Gasteiger partial charge in [0.1, 0.15) is 0 Å². The van der Waals surface area contributed by atoms with Crippen molar-refractivity contribution in [3.05, 3.63) is 0 Å². The Morgan fingerprint density at radius 1 is 1.75 bits per heavy atom. The van der Waals surface area contributed by atoms with E-state index in [-0.39, 0.29) is 0 Å². The summed E-state index contributed by atoms with van der Waals surface area (Å²) < 4.78 is 4.59. The van der Waals surface area contributed by atoms with E-state index >= 15 is 0 Å². The lowest BCUT2D eigenvalue weighted by Gasteiger charge is -1.93. The van der Waals surface area contributed by atoms with Crippen LogP contribution in [0, 0.1) is 0 Å². The third-order valence-corrected chi connectivity index (χ3v) is 0.647. The van der Waals surface area contributed by atoms with E-state index in [9.17, 15) is 0 Å². The van der Waals surface area contributed by atoms with Gasteiger partial charge in [-0.3, -0.25) is 10.1 Å². The van der Waals surface area contributed by atoms with Crippen molar-refractivity contribution >= 4 is 25.7 Å². The molecule has 0 aromatic heterocycles. The van der Waals surface area contributed by atoms with Gasteiger partial charge in [0.15, 0.2) is 5.22 Å². The second-order valence-corrected chi connectivity index (χ2v) is 1.09. The maximum absolute atomic E-state index is 4.54. The van der Waals surface area contributed by atoms with E-state index in [1.807, 2.05) is 0 Å². The minimum absolute atomic E-state index is 0.569. The van der Waals surface area contributed by atoms with Crippen LogP contribution in [0.5, 0.6) is 0 Å². The van der Waals surface area contributed by atoms with Crippen LogP contribution in [0.25, 0.3) is 0 Å². The summed E-state index contributed by atoms with van der Waals surface area (Å²) in [4.78, 5) is 0. The van der Waals surface area contributed by atoms with Crippen LogP contribution in [0.15, 0.2) is 15.7 Å². The van der Waals surface area contributed by atoms with Crippen LogP contribution >= 0.6 is 12.9 Å². The van der Waals surface area contributed by atoms with Crippen molar-refractivity contribution in [3.63, 3.8) is 0 Å². The molecule has 0 saturated heterocycles. The molecule has 0 atom stereocenters. The van der Waals surface area contributed by atoms with Gasteiger partial charge in [-0.15, -0.1) is 0 Å². The molecule has 8 heavy (non-hydrogen) atoms. The van der Waals surface area contributed by atoms with Crippen LogP contribution in [0.2, 0.25) is 0 Å². The highest BCUT2D eigenvalue weighted by Crippen LogP contribution is 1.81. The van der Waals surface area contributed by atoms with Gasteiger partial charge in [-0.05, 0) is 0 Å². The lowest BCUT2D eigenvalue weighted by Crippen LogP contribution is -1.90. The number of nitrogens with two attached hydrogens (primary N) is 1. The number of rotatable bonds is 2. The standard InChI is InChI=1S/H3N5OS2/c1-2-3-4-5(7)6-8/h8H,(H2,1,3). The van der Waals surface area contributed by atoms with Gasteiger partial charge in [-0.1, -0.05) is 4.27 Å². The van der Waals surface area contributed by atoms with Crippen molar-refractivity contribution in [2.45, 2.75) is 0 Å². The molecule has 8 heteroatoms. The monoisotopic (exact) mass is 153 g/mol. The maximum Gasteiger partial charge on any atom is 0.224 e. The molecule has 46 valence electrons. The SMILES string of the molecule is NN=NN=[N+]([S-])OS. The predicted molar refractivity (Wildman–Crippen MR) is 29.2 cm³/mol. The van der Waals surface area contributed by atoms with Crippen molar-refractivity contribution in [1.29, 1.82) is 0 Å². The highest BCUT2D eigenvalue weighted by atomic mass is 32.1. The number of nitrogens with zero attached hydrogens (tertiary/aromatic N) is 4. The number of thiol groups is 1. The second kappa shape index (κ2) is 4.53. The van der Waals surface area contributed by atoms with Gasteiger partial charge in [0.2, 0.25) is 5.22 Å². The van der Waals surface area contributed by atoms with Crippen LogP contribution in [0.3, 0.4) is 0 Å². The zero-order chi connectivity index (χ0) is 6.41. The Kier molecular flexibility index (Phi) is 4.17. The van der Waals surface area contributed by atoms with Gasteiger partial charge in [-0.2, -0.15) is 0 Å². The molecule has 0 heterocycles. The van der Waals surface area contributed by atoms with Crippen LogP contribution in [-0.2, 0) is 17.1 Å². The molecular weight excluding hydrogens is 150 g/mol. The minimum Gasteiger partial charge on any atom is -0.479 e. The van der Waals surface area contributed by atoms with Gasteiger partial charge >= 0.3 is 0 Å². The van der Waals surface area contributed by atoms with Crippen molar-refractivity contribution in [2.24, 2.45) is 21.5 Å². The van der Waals surface area contributed by atoms with Gasteiger partial charge in [0, 0.05) is 0 Å². The first kappa shape index (κ1) is 7.37. The van der Waals surface area contributed by atoms with Crippen LogP contribution in [0.4, 0.5) is 0 Å². The van der Waals surface area contributed by atoms with E-state index in [2.05, 4.69) is 51.5 Å². The van der Waals surface area contributed by atoms with Crippen LogP contribution < -0.4 is 5.84 Å². The van der Waals surface area contributed by atoms with E-state index in [0.29, 0.717) is 4.27 Å². The fraction of sp³-hybridized carbons (Fsp3) is 0. The maximum atomic E-state index is 4.54. The first-order chi connectivity index (χ1) is 3.81. The molecule has 0 aliphatic heterocycles. The topological polar surface area (TPSA) is 75.3 Å². The zero-order valence-electron chi connectivity index (χ0n) is 3.63. The molecule has 0 aliphatic carbocycles. The Hall–Kier alpha value is -0.630. The summed E-state index contributed by atoms with van der Waals surface area (Å²) >= 11 is 7.54. The largest absolute Gasteiger partial charge is 0.479 e. The van der Waals surface area contributed by atoms with E-state index < -0.39 is 0 Å². The molecule has 0 bridgehead atoms. The van der Waals surface area contributed by atoms with E-state index in [0.717, 1.165) is 0 Å². The molecule has 0 unspecified atom stereocenters. The highest BCUT2D eigenvalue weighted by molar-refractivity contribution is 7.75. The average molecular weight is 153 g/mol. The summed E-state index contributed by atoms with van der Waals surface area (Å²) in [6, 6.07) is 0. The minimum atomic E-state index is 0.569. The van der Waals surface area contributed by atoms with Crippen LogP contribution in [0.1, 0.15) is 0 Å². The first-order valence-electron chi connectivity index (χ1n) is 1.41. The molecule has 0 fully saturated rings. The van der Waals surface area contributed by atoms with Gasteiger partial charge in [-0.25, -0.2) is 0 Å². The third-order valence-electron chi connectivity index (χ3n) is 0.235. The Balaban J connectivity index is 3.57. The highest BCUT2D eigenvalue weighted by Gasteiger charge is 1.78. The van der Waals surface area contributed by atoms with Gasteiger partial charge in [0.05, 0.1) is 18.1 Å². The first-order valence-corrected chi connectivity index (χ1v) is 2.14. The molecule has 6 nitrogen and oxygen atoms in total. The van der Waals surface area contributed by atoms with E-state index in [1.54, 1.807) is 0 Å². The third kappa shape index (κ3) is 3.56. The molecule has 0 aromatic rings. The van der Waals surface area contributed by atoms with Gasteiger partial charge in [0.25, 0.3) is 0 Å². The quantitative estimate of drug-likeness (QED) is 0.111. The van der Waals surface area contributed by atoms with Crippen molar-refractivity contribution < 1.29 is 8.55 Å². The Labute approximate surface area is 56.5 Å². The lowest BCUT2D eigenvalue weighted by atomic mass is 12.5. The molecule has 0 amide bonds. The number of hydrogen-bond acceptors (Lipinski definition) is 4. The van der Waals surface area contributed by atoms with Crippen molar-refractivity contribution in [2.75, 3.05) is 0 Å². The molecule has 0 radical (unpaired) electrons. The summed E-state index contributed by atoms with van der Waals surface area (Å²) in [5.74, 6) is 4.54. The lowest BCUT2D eigenvalue weighted by molar-refractivity contribution is -0.661. The summed E-state index contributed by atoms with van der Waals surface area (Å²) in [6.07, 6.45) is 0. The summed E-state index contributed by atoms with van der Waals surface area (Å²) in [6.45, 7) is 0. The Bertz CT molecular complexity index is 107. The average Bonchev–Trinajstić information content (AvgIpc) is 1.83. The zero-order valence-corrected chi connectivity index (χ0v) is 5.34. The molecule has 0 saturated carbocycles. The summed E-state index contributed by atoms with van der Waals surface area (Å²) in [7, 11) is 0. The molecule has 0 aromatic carbocycles. The smallest absolute Gasteiger partial charge is 0.224 e. The van der Waals surface area contributed by atoms with Crippen molar-refractivity contribution in [1.82, 2.24) is 0 Å². The fourth-order valence-corrected chi connectivity index (χ4v) is 0.137. The Morgan fingerprint density at radius 2 is 2.38 bits per heavy atom. The molecule has 0 aliphatic rings. The molecule has 0 spiro atoms. The predicted octanol–water partition coefficient (Wildman–Crippen LogP) is -0.0697. The van der Waals surface area contributed by atoms with Gasteiger partial charge < -0.3 is 12.8 Å². The molecule has 2 N–H and O–H groups in total. The van der Waals surface area contributed by atoms with Crippen molar-refractivity contribution in [3.8, 4) is 0 Å². The molecular formula is H3N5OS2. The summed E-state index contributed by atoms with van der Waals surface area (Å²) in [5, 5.41) is 8.72. The fourth-order valence-electron chi connectivity index (χ4n) is 0.0721. The normalized spacial score (nSPS) is 12.4. The van der Waals surface area contributed by atoms with E-state index in [4.69, 9.17) is 0 Å². The Morgan fingerprint density at radius 3 is 2.75 bits per heavy atom. The van der Waals surface area contributed by atoms with E-state index in [1.165, 1.54) is 0 Å². The number of hydrogen-bond donors (Lipinski definition) is 2. The molecule has 0 rings (SSSR count).